The van der Waals surface area contributed by atoms with Crippen molar-refractivity contribution in [2.24, 2.45) is 0 Å². The maximum Gasteiger partial charge on any atom is 0.182 e. The summed E-state index contributed by atoms with van der Waals surface area (Å²) >= 11 is 0. The summed E-state index contributed by atoms with van der Waals surface area (Å²) in [7, 11) is 0. The molecule has 0 aromatic carbocycles. The van der Waals surface area contributed by atoms with Gasteiger partial charge in [0.2, 0.25) is 0 Å². The van der Waals surface area contributed by atoms with Crippen LogP contribution in [-0.2, 0) is 16.8 Å². The van der Waals surface area contributed by atoms with Gasteiger partial charge in [-0.15, -0.1) is 0 Å². The van der Waals surface area contributed by atoms with Gasteiger partial charge in [0.1, 0.15) is 11.4 Å². The van der Waals surface area contributed by atoms with E-state index in [2.05, 4.69) is 21.3 Å². The SMILES string of the molecule is CCOC1(c2n[nH]c(CC#N)n2)CCCC1. The first-order valence-corrected chi connectivity index (χ1v) is 5.73. The molecule has 86 valence electrons. The minimum atomic E-state index is -0.307. The number of aromatic nitrogens is 3. The molecule has 5 nitrogen and oxygen atoms in total. The van der Waals surface area contributed by atoms with Crippen molar-refractivity contribution in [3.05, 3.63) is 11.6 Å². The Balaban J connectivity index is 2.22. The van der Waals surface area contributed by atoms with E-state index < -0.39 is 0 Å². The van der Waals surface area contributed by atoms with Crippen molar-refractivity contribution >= 4 is 0 Å². The number of nitrogens with zero attached hydrogens (tertiary/aromatic N) is 3. The highest BCUT2D eigenvalue weighted by Crippen LogP contribution is 2.40. The van der Waals surface area contributed by atoms with Crippen molar-refractivity contribution in [1.29, 1.82) is 5.26 Å². The van der Waals surface area contributed by atoms with E-state index in [4.69, 9.17) is 10.00 Å². The number of hydrogen-bond donors (Lipinski definition) is 1. The van der Waals surface area contributed by atoms with Crippen LogP contribution in [0.4, 0.5) is 0 Å². The third-order valence-corrected chi connectivity index (χ3v) is 3.02. The van der Waals surface area contributed by atoms with Crippen molar-refractivity contribution < 1.29 is 4.74 Å². The molecule has 0 amide bonds. The minimum Gasteiger partial charge on any atom is -0.367 e. The van der Waals surface area contributed by atoms with Crippen molar-refractivity contribution in [2.45, 2.75) is 44.6 Å². The van der Waals surface area contributed by atoms with Crippen LogP contribution >= 0.6 is 0 Å². The van der Waals surface area contributed by atoms with Crippen LogP contribution in [0.5, 0.6) is 0 Å². The molecule has 1 aliphatic rings. The van der Waals surface area contributed by atoms with Gasteiger partial charge >= 0.3 is 0 Å². The first-order chi connectivity index (χ1) is 7.80. The topological polar surface area (TPSA) is 74.6 Å². The highest BCUT2D eigenvalue weighted by molar-refractivity contribution is 5.07. The largest absolute Gasteiger partial charge is 0.367 e. The molecule has 1 heterocycles. The van der Waals surface area contributed by atoms with E-state index in [0.717, 1.165) is 31.5 Å². The highest BCUT2D eigenvalue weighted by Gasteiger charge is 2.40. The summed E-state index contributed by atoms with van der Waals surface area (Å²) in [5.74, 6) is 1.35. The Bertz CT molecular complexity index is 387. The van der Waals surface area contributed by atoms with Crippen LogP contribution in [0.2, 0.25) is 0 Å². The lowest BCUT2D eigenvalue weighted by molar-refractivity contribution is -0.0454. The Hall–Kier alpha value is -1.41. The zero-order chi connectivity index (χ0) is 11.4. The standard InChI is InChI=1S/C11H16N4O/c1-2-16-11(6-3-4-7-11)10-13-9(5-8-12)14-15-10/h2-7H2,1H3,(H,13,14,15). The molecule has 1 aromatic heterocycles. The van der Waals surface area contributed by atoms with Crippen molar-refractivity contribution in [2.75, 3.05) is 6.61 Å². The zero-order valence-electron chi connectivity index (χ0n) is 9.49. The molecule has 1 N–H and O–H groups in total. The van der Waals surface area contributed by atoms with Gasteiger partial charge in [-0.25, -0.2) is 4.98 Å². The van der Waals surface area contributed by atoms with E-state index >= 15 is 0 Å². The molecule has 0 saturated heterocycles. The molecular formula is C11H16N4O. The molecule has 1 saturated carbocycles. The van der Waals surface area contributed by atoms with Crippen LogP contribution in [0, 0.1) is 11.3 Å². The molecule has 0 radical (unpaired) electrons. The van der Waals surface area contributed by atoms with Crippen LogP contribution in [0.15, 0.2) is 0 Å². The smallest absolute Gasteiger partial charge is 0.182 e. The van der Waals surface area contributed by atoms with Crippen molar-refractivity contribution in [3.63, 3.8) is 0 Å². The molecule has 5 heteroatoms. The fraction of sp³-hybridized carbons (Fsp3) is 0.727. The van der Waals surface area contributed by atoms with E-state index in [0.29, 0.717) is 12.4 Å². The fourth-order valence-electron chi connectivity index (χ4n) is 2.31. The zero-order valence-corrected chi connectivity index (χ0v) is 9.49. The molecule has 0 bridgehead atoms. The van der Waals surface area contributed by atoms with Gasteiger partial charge in [-0.3, -0.25) is 5.10 Å². The fourth-order valence-corrected chi connectivity index (χ4v) is 2.31. The lowest BCUT2D eigenvalue weighted by Crippen LogP contribution is -2.27. The summed E-state index contributed by atoms with van der Waals surface area (Å²) in [5.41, 5.74) is -0.307. The Kier molecular flexibility index (Phi) is 3.20. The maximum atomic E-state index is 8.59. The molecule has 0 atom stereocenters. The number of H-pyrrole nitrogens is 1. The van der Waals surface area contributed by atoms with Gasteiger partial charge in [0.05, 0.1) is 12.5 Å². The lowest BCUT2D eigenvalue weighted by atomic mass is 10.0. The summed E-state index contributed by atoms with van der Waals surface area (Å²) in [6.45, 7) is 2.66. The first-order valence-electron chi connectivity index (χ1n) is 5.73. The summed E-state index contributed by atoms with van der Waals surface area (Å²) in [6.07, 6.45) is 4.54. The van der Waals surface area contributed by atoms with Crippen LogP contribution < -0.4 is 0 Å². The third-order valence-electron chi connectivity index (χ3n) is 3.02. The predicted octanol–water partition coefficient (Wildman–Crippen LogP) is 1.68. The van der Waals surface area contributed by atoms with E-state index in [-0.39, 0.29) is 12.0 Å². The number of rotatable bonds is 4. The van der Waals surface area contributed by atoms with Gasteiger partial charge in [0.15, 0.2) is 5.82 Å². The summed E-state index contributed by atoms with van der Waals surface area (Å²) in [5, 5.41) is 15.6. The number of aromatic amines is 1. The average molecular weight is 220 g/mol. The Morgan fingerprint density at radius 2 is 2.25 bits per heavy atom. The van der Waals surface area contributed by atoms with Crippen LogP contribution in [0.1, 0.15) is 44.3 Å². The molecule has 1 fully saturated rings. The summed E-state index contributed by atoms with van der Waals surface area (Å²) in [4.78, 5) is 4.36. The van der Waals surface area contributed by atoms with Crippen LogP contribution in [0.3, 0.4) is 0 Å². The first kappa shape index (κ1) is 11.1. The Morgan fingerprint density at radius 1 is 1.50 bits per heavy atom. The Morgan fingerprint density at radius 3 is 2.88 bits per heavy atom. The molecule has 1 aliphatic carbocycles. The predicted molar refractivity (Wildman–Crippen MR) is 57.5 cm³/mol. The summed E-state index contributed by atoms with van der Waals surface area (Å²) < 4.78 is 5.84. The van der Waals surface area contributed by atoms with E-state index in [9.17, 15) is 0 Å². The second-order valence-electron chi connectivity index (χ2n) is 4.08. The van der Waals surface area contributed by atoms with Gasteiger partial charge in [0.25, 0.3) is 0 Å². The summed E-state index contributed by atoms with van der Waals surface area (Å²) in [6, 6.07) is 2.06. The third kappa shape index (κ3) is 1.93. The maximum absolute atomic E-state index is 8.59. The molecule has 1 aromatic rings. The molecular weight excluding hydrogens is 204 g/mol. The normalized spacial score (nSPS) is 18.5. The number of ether oxygens (including phenoxy) is 1. The minimum absolute atomic E-state index is 0.273. The van der Waals surface area contributed by atoms with Gasteiger partial charge < -0.3 is 4.74 Å². The molecule has 16 heavy (non-hydrogen) atoms. The lowest BCUT2D eigenvalue weighted by Gasteiger charge is -2.25. The van der Waals surface area contributed by atoms with E-state index in [1.807, 2.05) is 6.92 Å². The molecule has 0 unspecified atom stereocenters. The Labute approximate surface area is 94.8 Å². The van der Waals surface area contributed by atoms with Gasteiger partial charge in [-0.2, -0.15) is 10.4 Å². The van der Waals surface area contributed by atoms with E-state index in [1.165, 1.54) is 0 Å². The average Bonchev–Trinajstić information content (AvgIpc) is 2.88. The quantitative estimate of drug-likeness (QED) is 0.837. The van der Waals surface area contributed by atoms with Crippen LogP contribution in [0.25, 0.3) is 0 Å². The second kappa shape index (κ2) is 4.62. The van der Waals surface area contributed by atoms with E-state index in [1.54, 1.807) is 0 Å². The van der Waals surface area contributed by atoms with Crippen molar-refractivity contribution in [1.82, 2.24) is 15.2 Å². The number of hydrogen-bond acceptors (Lipinski definition) is 4. The second-order valence-corrected chi connectivity index (χ2v) is 4.08. The highest BCUT2D eigenvalue weighted by atomic mass is 16.5. The monoisotopic (exact) mass is 220 g/mol. The number of nitriles is 1. The number of nitrogens with one attached hydrogen (secondary N) is 1. The van der Waals surface area contributed by atoms with Gasteiger partial charge in [0, 0.05) is 6.61 Å². The van der Waals surface area contributed by atoms with Crippen molar-refractivity contribution in [3.8, 4) is 6.07 Å². The molecule has 0 aliphatic heterocycles. The van der Waals surface area contributed by atoms with Gasteiger partial charge in [-0.05, 0) is 32.6 Å². The van der Waals surface area contributed by atoms with Crippen LogP contribution in [-0.4, -0.2) is 21.8 Å². The molecule has 0 spiro atoms. The molecule has 2 rings (SSSR count). The van der Waals surface area contributed by atoms with Gasteiger partial charge in [-0.1, -0.05) is 0 Å².